The number of nitrogens with zero attached hydrogens (tertiary/aromatic N) is 1. The van der Waals surface area contributed by atoms with Crippen molar-refractivity contribution < 1.29 is 27.8 Å². The number of methoxy groups -OCH3 is 1. The van der Waals surface area contributed by atoms with Crippen LogP contribution in [0.3, 0.4) is 0 Å². The lowest BCUT2D eigenvalue weighted by Gasteiger charge is -2.17. The molecule has 0 aliphatic carbocycles. The summed E-state index contributed by atoms with van der Waals surface area (Å²) in [6.07, 6.45) is 3.03. The summed E-state index contributed by atoms with van der Waals surface area (Å²) in [5, 5.41) is 0.529. The maximum absolute atomic E-state index is 12.5. The lowest BCUT2D eigenvalue weighted by Crippen LogP contribution is -2.24. The number of rotatable bonds is 9. The molecule has 156 valence electrons. The van der Waals surface area contributed by atoms with Gasteiger partial charge in [-0.3, -0.25) is 4.79 Å². The second-order valence-corrected chi connectivity index (χ2v) is 6.44. The average Bonchev–Trinajstić information content (AvgIpc) is 2.68. The van der Waals surface area contributed by atoms with E-state index in [2.05, 4.69) is 4.74 Å². The Hall–Kier alpha value is -2.80. The summed E-state index contributed by atoms with van der Waals surface area (Å²) in [6, 6.07) is 9.69. The Kier molecular flexibility index (Phi) is 8.27. The van der Waals surface area contributed by atoms with E-state index in [9.17, 15) is 13.6 Å². The van der Waals surface area contributed by atoms with Crippen LogP contribution in [0.15, 0.2) is 42.5 Å². The van der Waals surface area contributed by atoms with E-state index in [1.807, 2.05) is 0 Å². The smallest absolute Gasteiger partial charge is 0.387 e. The molecule has 0 saturated carbocycles. The van der Waals surface area contributed by atoms with Crippen LogP contribution in [-0.4, -0.2) is 38.2 Å². The minimum atomic E-state index is -2.95. The highest BCUT2D eigenvalue weighted by atomic mass is 35.5. The molecule has 8 heteroatoms. The van der Waals surface area contributed by atoms with Gasteiger partial charge in [0.2, 0.25) is 5.91 Å². The van der Waals surface area contributed by atoms with Crippen molar-refractivity contribution in [1.82, 2.24) is 4.90 Å². The van der Waals surface area contributed by atoms with Gasteiger partial charge in [0, 0.05) is 30.3 Å². The van der Waals surface area contributed by atoms with Crippen LogP contribution < -0.4 is 14.2 Å². The fourth-order valence-corrected chi connectivity index (χ4v) is 2.77. The zero-order valence-electron chi connectivity index (χ0n) is 16.3. The predicted molar refractivity (Wildman–Crippen MR) is 108 cm³/mol. The zero-order chi connectivity index (χ0) is 21.4. The molecule has 0 unspecified atom stereocenters. The van der Waals surface area contributed by atoms with Gasteiger partial charge in [0.05, 0.1) is 13.7 Å². The van der Waals surface area contributed by atoms with Crippen LogP contribution in [0, 0.1) is 0 Å². The van der Waals surface area contributed by atoms with Crippen molar-refractivity contribution in [2.75, 3.05) is 20.8 Å². The third-order valence-electron chi connectivity index (χ3n) is 3.92. The van der Waals surface area contributed by atoms with Crippen molar-refractivity contribution >= 4 is 23.6 Å². The van der Waals surface area contributed by atoms with E-state index in [-0.39, 0.29) is 24.0 Å². The predicted octanol–water partition coefficient (Wildman–Crippen LogP) is 5.02. The summed E-state index contributed by atoms with van der Waals surface area (Å²) in [5.41, 5.74) is 1.38. The fourth-order valence-electron chi connectivity index (χ4n) is 2.59. The summed E-state index contributed by atoms with van der Waals surface area (Å²) < 4.78 is 40.1. The molecule has 0 atom stereocenters. The topological polar surface area (TPSA) is 48.0 Å². The van der Waals surface area contributed by atoms with E-state index < -0.39 is 6.61 Å². The number of likely N-dealkylation sites (N-methyl/N-ethyl adjacent to an activating group) is 1. The SMILES string of the molecule is CCOc1cc(CN(C)C(=O)/C=C/c2cc(Cl)ccc2OC)ccc1OC(F)F. The Labute approximate surface area is 173 Å². The van der Waals surface area contributed by atoms with Crippen molar-refractivity contribution in [1.29, 1.82) is 0 Å². The van der Waals surface area contributed by atoms with E-state index in [4.69, 9.17) is 21.1 Å². The lowest BCUT2D eigenvalue weighted by atomic mass is 10.1. The van der Waals surface area contributed by atoms with Gasteiger partial charge in [0.15, 0.2) is 11.5 Å². The van der Waals surface area contributed by atoms with E-state index >= 15 is 0 Å². The molecule has 29 heavy (non-hydrogen) atoms. The maximum atomic E-state index is 12.5. The Morgan fingerprint density at radius 1 is 1.17 bits per heavy atom. The standard InChI is InChI=1S/C21H22ClF2NO4/c1-4-28-19-11-14(5-8-18(19)29-21(23)24)13-25(2)20(26)10-6-15-12-16(22)7-9-17(15)27-3/h5-12,21H,4,13H2,1-3H3/b10-6+. The van der Waals surface area contributed by atoms with E-state index in [1.165, 1.54) is 24.2 Å². The summed E-state index contributed by atoms with van der Waals surface area (Å²) in [4.78, 5) is 13.9. The van der Waals surface area contributed by atoms with Crippen LogP contribution in [0.5, 0.6) is 17.2 Å². The summed E-state index contributed by atoms with van der Waals surface area (Å²) in [6.45, 7) is -0.658. The molecule has 0 N–H and O–H groups in total. The first kappa shape index (κ1) is 22.5. The van der Waals surface area contributed by atoms with Gasteiger partial charge in [-0.2, -0.15) is 8.78 Å². The fraction of sp³-hybridized carbons (Fsp3) is 0.286. The summed E-state index contributed by atoms with van der Waals surface area (Å²) in [5.74, 6) is 0.493. The Morgan fingerprint density at radius 2 is 1.90 bits per heavy atom. The van der Waals surface area contributed by atoms with Crippen molar-refractivity contribution in [3.8, 4) is 17.2 Å². The second-order valence-electron chi connectivity index (χ2n) is 6.01. The monoisotopic (exact) mass is 425 g/mol. The molecule has 0 bridgehead atoms. The molecular weight excluding hydrogens is 404 g/mol. The number of halogens is 3. The normalized spacial score (nSPS) is 11.0. The van der Waals surface area contributed by atoms with E-state index in [0.717, 1.165) is 0 Å². The van der Waals surface area contributed by atoms with Crippen LogP contribution in [0.2, 0.25) is 5.02 Å². The van der Waals surface area contributed by atoms with Crippen molar-refractivity contribution in [3.63, 3.8) is 0 Å². The second kappa shape index (κ2) is 10.7. The number of ether oxygens (including phenoxy) is 3. The number of hydrogen-bond donors (Lipinski definition) is 0. The van der Waals surface area contributed by atoms with Gasteiger partial charge in [0.1, 0.15) is 5.75 Å². The quantitative estimate of drug-likeness (QED) is 0.529. The molecule has 0 saturated heterocycles. The van der Waals surface area contributed by atoms with Crippen LogP contribution in [0.25, 0.3) is 6.08 Å². The molecule has 1 amide bonds. The lowest BCUT2D eigenvalue weighted by molar-refractivity contribution is -0.125. The van der Waals surface area contributed by atoms with Gasteiger partial charge in [0.25, 0.3) is 0 Å². The minimum Gasteiger partial charge on any atom is -0.496 e. The zero-order valence-corrected chi connectivity index (χ0v) is 17.1. The van der Waals surface area contributed by atoms with Crippen molar-refractivity contribution in [2.45, 2.75) is 20.1 Å². The number of benzene rings is 2. The van der Waals surface area contributed by atoms with E-state index in [1.54, 1.807) is 50.4 Å². The van der Waals surface area contributed by atoms with Crippen LogP contribution in [0.4, 0.5) is 8.78 Å². The Balaban J connectivity index is 2.11. The van der Waals surface area contributed by atoms with Crippen LogP contribution >= 0.6 is 11.6 Å². The van der Waals surface area contributed by atoms with Gasteiger partial charge >= 0.3 is 6.61 Å². The number of amides is 1. The number of carbonyl (C=O) groups is 1. The van der Waals surface area contributed by atoms with Gasteiger partial charge in [-0.25, -0.2) is 0 Å². The Bertz CT molecular complexity index is 874. The molecule has 0 fully saturated rings. The highest BCUT2D eigenvalue weighted by Crippen LogP contribution is 2.30. The third kappa shape index (κ3) is 6.64. The van der Waals surface area contributed by atoms with Crippen molar-refractivity contribution in [2.24, 2.45) is 0 Å². The molecule has 0 aliphatic rings. The molecule has 2 rings (SSSR count). The molecular formula is C21H22ClF2NO4. The van der Waals surface area contributed by atoms with Crippen LogP contribution in [0.1, 0.15) is 18.1 Å². The molecule has 0 aromatic heterocycles. The Morgan fingerprint density at radius 3 is 2.55 bits per heavy atom. The first-order valence-corrected chi connectivity index (χ1v) is 9.19. The van der Waals surface area contributed by atoms with Crippen LogP contribution in [-0.2, 0) is 11.3 Å². The van der Waals surface area contributed by atoms with Crippen molar-refractivity contribution in [3.05, 3.63) is 58.6 Å². The third-order valence-corrected chi connectivity index (χ3v) is 4.15. The molecule has 5 nitrogen and oxygen atoms in total. The molecule has 2 aromatic rings. The number of hydrogen-bond acceptors (Lipinski definition) is 4. The van der Waals surface area contributed by atoms with Gasteiger partial charge in [-0.05, 0) is 48.9 Å². The first-order valence-electron chi connectivity index (χ1n) is 8.81. The molecule has 2 aromatic carbocycles. The van der Waals surface area contributed by atoms with E-state index in [0.29, 0.717) is 28.5 Å². The summed E-state index contributed by atoms with van der Waals surface area (Å²) in [7, 11) is 3.16. The maximum Gasteiger partial charge on any atom is 0.387 e. The summed E-state index contributed by atoms with van der Waals surface area (Å²) >= 11 is 5.99. The largest absolute Gasteiger partial charge is 0.496 e. The number of carbonyl (C=O) groups excluding carboxylic acids is 1. The minimum absolute atomic E-state index is 0.0486. The van der Waals surface area contributed by atoms with Gasteiger partial charge in [-0.1, -0.05) is 17.7 Å². The number of alkyl halides is 2. The highest BCUT2D eigenvalue weighted by molar-refractivity contribution is 6.30. The molecule has 0 spiro atoms. The molecule has 0 heterocycles. The van der Waals surface area contributed by atoms with Gasteiger partial charge < -0.3 is 19.1 Å². The first-order chi connectivity index (χ1) is 13.8. The van der Waals surface area contributed by atoms with Gasteiger partial charge in [-0.15, -0.1) is 0 Å². The average molecular weight is 426 g/mol. The molecule has 0 aliphatic heterocycles. The molecule has 0 radical (unpaired) electrons. The highest BCUT2D eigenvalue weighted by Gasteiger charge is 2.13.